The number of benzene rings is 1. The van der Waals surface area contributed by atoms with Gasteiger partial charge in [0, 0.05) is 13.0 Å². The van der Waals surface area contributed by atoms with Crippen molar-refractivity contribution in [1.29, 1.82) is 0 Å². The molecule has 0 radical (unpaired) electrons. The summed E-state index contributed by atoms with van der Waals surface area (Å²) in [5.41, 5.74) is 0.767. The Morgan fingerprint density at radius 1 is 1.38 bits per heavy atom. The van der Waals surface area contributed by atoms with E-state index in [1.54, 1.807) is 19.2 Å². The lowest BCUT2D eigenvalue weighted by atomic mass is 10.2. The summed E-state index contributed by atoms with van der Waals surface area (Å²) in [7, 11) is 1.60. The van der Waals surface area contributed by atoms with E-state index in [2.05, 4.69) is 5.32 Å². The monoisotopic (exact) mass is 236 g/mol. The van der Waals surface area contributed by atoms with E-state index >= 15 is 0 Å². The average molecular weight is 236 g/mol. The van der Waals surface area contributed by atoms with E-state index in [0.29, 0.717) is 18.1 Å². The smallest absolute Gasteiger partial charge is 0.235 e. The zero-order chi connectivity index (χ0) is 11.5. The summed E-state index contributed by atoms with van der Waals surface area (Å²) in [6, 6.07) is 7.24. The Balaban J connectivity index is 2.27. The summed E-state index contributed by atoms with van der Waals surface area (Å²) in [6.07, 6.45) is 0.464. The fourth-order valence-electron chi connectivity index (χ4n) is 1.57. The molecule has 1 aliphatic heterocycles. The second-order valence-corrected chi connectivity index (χ2v) is 3.80. The van der Waals surface area contributed by atoms with Crippen LogP contribution in [0.4, 0.5) is 5.69 Å². The molecular weight excluding hydrogens is 224 g/mol. The molecule has 0 spiro atoms. The summed E-state index contributed by atoms with van der Waals surface area (Å²) in [4.78, 5) is 13.2. The number of ether oxygens (including phenoxy) is 1. The summed E-state index contributed by atoms with van der Waals surface area (Å²) >= 11 is 5.11. The minimum atomic E-state index is 0.0221. The molecule has 84 valence electrons. The molecule has 5 heteroatoms. The number of hydrogen-bond donors (Lipinski definition) is 1. The molecule has 1 aromatic carbocycles. The lowest BCUT2D eigenvalue weighted by molar-refractivity contribution is -0.117. The molecule has 1 heterocycles. The van der Waals surface area contributed by atoms with Gasteiger partial charge < -0.3 is 10.1 Å². The number of thiocarbonyl (C=S) groups is 1. The first-order valence-corrected chi connectivity index (χ1v) is 5.38. The van der Waals surface area contributed by atoms with Crippen LogP contribution in [0.15, 0.2) is 24.3 Å². The van der Waals surface area contributed by atoms with Crippen LogP contribution in [0.5, 0.6) is 5.75 Å². The van der Waals surface area contributed by atoms with E-state index < -0.39 is 0 Å². The molecular formula is C11H12N2O2S. The van der Waals surface area contributed by atoms with Crippen molar-refractivity contribution in [2.75, 3.05) is 18.6 Å². The van der Waals surface area contributed by atoms with Crippen LogP contribution in [0.1, 0.15) is 6.42 Å². The fraction of sp³-hybridized carbons (Fsp3) is 0.273. The molecule has 1 saturated heterocycles. The summed E-state index contributed by atoms with van der Waals surface area (Å²) in [5, 5.41) is 3.45. The first kappa shape index (κ1) is 10.9. The van der Waals surface area contributed by atoms with Crippen molar-refractivity contribution < 1.29 is 9.53 Å². The van der Waals surface area contributed by atoms with Crippen molar-refractivity contribution in [2.45, 2.75) is 6.42 Å². The van der Waals surface area contributed by atoms with Gasteiger partial charge in [-0.15, -0.1) is 0 Å². The molecule has 1 amide bonds. The minimum Gasteiger partial charge on any atom is -0.497 e. The van der Waals surface area contributed by atoms with Gasteiger partial charge in [-0.05, 0) is 36.5 Å². The number of hydrogen-bond acceptors (Lipinski definition) is 3. The van der Waals surface area contributed by atoms with Gasteiger partial charge in [0.25, 0.3) is 0 Å². The van der Waals surface area contributed by atoms with Gasteiger partial charge in [-0.1, -0.05) is 0 Å². The maximum atomic E-state index is 11.7. The highest BCUT2D eigenvalue weighted by Crippen LogP contribution is 2.21. The molecule has 0 unspecified atom stereocenters. The number of carbonyl (C=O) groups excluding carboxylic acids is 1. The number of anilines is 1. The van der Waals surface area contributed by atoms with Crippen LogP contribution in [0, 0.1) is 0 Å². The highest BCUT2D eigenvalue weighted by atomic mass is 32.1. The van der Waals surface area contributed by atoms with Crippen LogP contribution in [0.25, 0.3) is 0 Å². The Bertz CT molecular complexity index is 400. The summed E-state index contributed by atoms with van der Waals surface area (Å²) in [5.74, 6) is 0.779. The molecule has 1 fully saturated rings. The van der Waals surface area contributed by atoms with Crippen LogP contribution in [-0.4, -0.2) is 24.7 Å². The van der Waals surface area contributed by atoms with Crippen molar-refractivity contribution in [1.82, 2.24) is 5.32 Å². The van der Waals surface area contributed by atoms with Gasteiger partial charge in [0.05, 0.1) is 12.8 Å². The number of amides is 1. The zero-order valence-corrected chi connectivity index (χ0v) is 9.71. The van der Waals surface area contributed by atoms with Gasteiger partial charge in [-0.2, -0.15) is 0 Å². The summed E-state index contributed by atoms with van der Waals surface area (Å²) in [6.45, 7) is 0.615. The Labute approximate surface area is 99.2 Å². The van der Waals surface area contributed by atoms with Crippen molar-refractivity contribution >= 4 is 28.9 Å². The van der Waals surface area contributed by atoms with Crippen molar-refractivity contribution in [2.24, 2.45) is 0 Å². The highest BCUT2D eigenvalue weighted by Gasteiger charge is 2.23. The molecule has 16 heavy (non-hydrogen) atoms. The Morgan fingerprint density at radius 3 is 2.62 bits per heavy atom. The molecule has 1 aliphatic rings. The summed E-state index contributed by atoms with van der Waals surface area (Å²) < 4.78 is 5.06. The largest absolute Gasteiger partial charge is 0.497 e. The molecule has 0 aliphatic carbocycles. The van der Waals surface area contributed by atoms with Gasteiger partial charge >= 0.3 is 0 Å². The molecule has 0 atom stereocenters. The van der Waals surface area contributed by atoms with Crippen molar-refractivity contribution in [3.05, 3.63) is 24.3 Å². The molecule has 2 rings (SSSR count). The molecule has 1 N–H and O–H groups in total. The van der Waals surface area contributed by atoms with E-state index in [0.717, 1.165) is 11.4 Å². The Hall–Kier alpha value is -1.62. The third-order valence-electron chi connectivity index (χ3n) is 2.40. The third-order valence-corrected chi connectivity index (χ3v) is 2.73. The quantitative estimate of drug-likeness (QED) is 0.786. The van der Waals surface area contributed by atoms with E-state index in [1.807, 2.05) is 12.1 Å². The van der Waals surface area contributed by atoms with Gasteiger partial charge in [0.2, 0.25) is 5.91 Å². The first-order valence-electron chi connectivity index (χ1n) is 4.97. The lowest BCUT2D eigenvalue weighted by Crippen LogP contribution is -2.49. The van der Waals surface area contributed by atoms with E-state index in [-0.39, 0.29) is 5.91 Å². The van der Waals surface area contributed by atoms with Gasteiger partial charge in [0.1, 0.15) is 5.75 Å². The number of nitrogens with zero attached hydrogens (tertiary/aromatic N) is 1. The Morgan fingerprint density at radius 2 is 2.06 bits per heavy atom. The Kier molecular flexibility index (Phi) is 3.05. The molecule has 4 nitrogen and oxygen atoms in total. The van der Waals surface area contributed by atoms with Crippen LogP contribution in [0.2, 0.25) is 0 Å². The molecule has 1 aromatic rings. The minimum absolute atomic E-state index is 0.0221. The van der Waals surface area contributed by atoms with Crippen molar-refractivity contribution in [3.8, 4) is 5.75 Å². The van der Waals surface area contributed by atoms with Crippen LogP contribution < -0.4 is 15.0 Å². The molecule has 0 saturated carbocycles. The zero-order valence-electron chi connectivity index (χ0n) is 8.90. The van der Waals surface area contributed by atoms with E-state index in [1.165, 1.54) is 4.90 Å². The lowest BCUT2D eigenvalue weighted by Gasteiger charge is -2.28. The predicted molar refractivity (Wildman–Crippen MR) is 65.7 cm³/mol. The normalized spacial score (nSPS) is 15.9. The SMILES string of the molecule is COc1ccc(N2C(=O)CCNC2=S)cc1. The topological polar surface area (TPSA) is 41.6 Å². The standard InChI is InChI=1S/C11H12N2O2S/c1-15-9-4-2-8(3-5-9)13-10(14)6-7-12-11(13)16/h2-5H,6-7H2,1H3,(H,12,16). The number of nitrogens with one attached hydrogen (secondary N) is 1. The van der Waals surface area contributed by atoms with Gasteiger partial charge in [-0.3, -0.25) is 9.69 Å². The van der Waals surface area contributed by atoms with E-state index in [9.17, 15) is 4.79 Å². The fourth-order valence-corrected chi connectivity index (χ4v) is 1.88. The number of methoxy groups -OCH3 is 1. The van der Waals surface area contributed by atoms with Crippen LogP contribution in [0.3, 0.4) is 0 Å². The maximum absolute atomic E-state index is 11.7. The second kappa shape index (κ2) is 4.49. The van der Waals surface area contributed by atoms with E-state index in [4.69, 9.17) is 17.0 Å². The number of carbonyl (C=O) groups is 1. The molecule has 0 aromatic heterocycles. The first-order chi connectivity index (χ1) is 7.72. The van der Waals surface area contributed by atoms with Crippen LogP contribution in [-0.2, 0) is 4.79 Å². The highest BCUT2D eigenvalue weighted by molar-refractivity contribution is 7.80. The van der Waals surface area contributed by atoms with Crippen LogP contribution >= 0.6 is 12.2 Å². The molecule has 0 bridgehead atoms. The number of rotatable bonds is 2. The van der Waals surface area contributed by atoms with Gasteiger partial charge in [-0.25, -0.2) is 0 Å². The maximum Gasteiger partial charge on any atom is 0.235 e. The van der Waals surface area contributed by atoms with Gasteiger partial charge in [0.15, 0.2) is 5.11 Å². The second-order valence-electron chi connectivity index (χ2n) is 3.41. The predicted octanol–water partition coefficient (Wildman–Crippen LogP) is 1.31. The van der Waals surface area contributed by atoms with Crippen molar-refractivity contribution in [3.63, 3.8) is 0 Å². The third kappa shape index (κ3) is 1.99. The average Bonchev–Trinajstić information content (AvgIpc) is 2.30.